The molecular weight excluding hydrogens is 320 g/mol. The van der Waals surface area contributed by atoms with Crippen LogP contribution in [-0.2, 0) is 13.0 Å². The molecule has 1 atom stereocenters. The molecule has 2 aliphatic rings. The fraction of sp³-hybridized carbons (Fsp3) is 0.368. The number of carbonyl (C=O) groups is 1. The highest BCUT2D eigenvalue weighted by Crippen LogP contribution is 2.24. The Morgan fingerprint density at radius 1 is 1.25 bits per heavy atom. The lowest BCUT2D eigenvalue weighted by Gasteiger charge is -2.29. The van der Waals surface area contributed by atoms with Crippen molar-refractivity contribution in [3.8, 4) is 5.88 Å². The number of thioether (sulfide) groups is 1. The molecule has 0 aliphatic carbocycles. The molecule has 3 heterocycles. The van der Waals surface area contributed by atoms with Gasteiger partial charge in [-0.25, -0.2) is 4.98 Å². The van der Waals surface area contributed by atoms with Crippen molar-refractivity contribution >= 4 is 17.7 Å². The maximum absolute atomic E-state index is 12.8. The molecule has 0 bridgehead atoms. The van der Waals surface area contributed by atoms with E-state index in [2.05, 4.69) is 23.2 Å². The van der Waals surface area contributed by atoms with Crippen molar-refractivity contribution in [3.05, 3.63) is 59.3 Å². The Morgan fingerprint density at radius 2 is 2.12 bits per heavy atom. The molecule has 24 heavy (non-hydrogen) atoms. The minimum Gasteiger partial charge on any atom is -0.473 e. The second-order valence-electron chi connectivity index (χ2n) is 6.23. The number of benzene rings is 1. The van der Waals surface area contributed by atoms with Gasteiger partial charge < -0.3 is 9.64 Å². The largest absolute Gasteiger partial charge is 0.473 e. The number of hydrogen-bond donors (Lipinski definition) is 0. The lowest BCUT2D eigenvalue weighted by molar-refractivity contribution is 0.0733. The molecule has 2 aliphatic heterocycles. The summed E-state index contributed by atoms with van der Waals surface area (Å²) in [4.78, 5) is 19.0. The predicted octanol–water partition coefficient (Wildman–Crippen LogP) is 3.16. The number of carbonyl (C=O) groups excluding carboxylic acids is 1. The highest BCUT2D eigenvalue weighted by molar-refractivity contribution is 7.99. The smallest absolute Gasteiger partial charge is 0.254 e. The van der Waals surface area contributed by atoms with Crippen molar-refractivity contribution in [2.45, 2.75) is 25.5 Å². The van der Waals surface area contributed by atoms with Crippen molar-refractivity contribution in [1.82, 2.24) is 9.88 Å². The number of ether oxygens (including phenoxy) is 1. The molecule has 5 heteroatoms. The Morgan fingerprint density at radius 3 is 2.96 bits per heavy atom. The highest BCUT2D eigenvalue weighted by Gasteiger charge is 2.23. The molecule has 0 saturated carbocycles. The zero-order valence-electron chi connectivity index (χ0n) is 13.5. The van der Waals surface area contributed by atoms with Gasteiger partial charge in [-0.1, -0.05) is 24.3 Å². The van der Waals surface area contributed by atoms with E-state index >= 15 is 0 Å². The summed E-state index contributed by atoms with van der Waals surface area (Å²) < 4.78 is 5.91. The van der Waals surface area contributed by atoms with E-state index in [0.717, 1.165) is 30.9 Å². The summed E-state index contributed by atoms with van der Waals surface area (Å²) in [7, 11) is 0. The lowest BCUT2D eigenvalue weighted by Crippen LogP contribution is -2.36. The molecule has 1 amide bonds. The first kappa shape index (κ1) is 15.5. The molecule has 0 N–H and O–H groups in total. The summed E-state index contributed by atoms with van der Waals surface area (Å²) in [6.07, 6.45) is 3.85. The van der Waals surface area contributed by atoms with Gasteiger partial charge >= 0.3 is 0 Å². The van der Waals surface area contributed by atoms with E-state index in [9.17, 15) is 4.79 Å². The second kappa shape index (κ2) is 6.85. The van der Waals surface area contributed by atoms with Gasteiger partial charge in [0.2, 0.25) is 5.88 Å². The molecule has 1 aromatic heterocycles. The van der Waals surface area contributed by atoms with E-state index < -0.39 is 0 Å². The van der Waals surface area contributed by atoms with Crippen molar-refractivity contribution in [3.63, 3.8) is 0 Å². The molecule has 0 unspecified atom stereocenters. The van der Waals surface area contributed by atoms with Crippen LogP contribution in [0.3, 0.4) is 0 Å². The molecule has 0 radical (unpaired) electrons. The number of amides is 1. The average molecular weight is 340 g/mol. The minimum atomic E-state index is 0.0533. The number of nitrogens with zero attached hydrogens (tertiary/aromatic N) is 2. The number of hydrogen-bond acceptors (Lipinski definition) is 4. The highest BCUT2D eigenvalue weighted by atomic mass is 32.2. The van der Waals surface area contributed by atoms with Crippen LogP contribution in [0.25, 0.3) is 0 Å². The summed E-state index contributed by atoms with van der Waals surface area (Å²) in [6, 6.07) is 11.9. The molecular formula is C19H20N2O2S. The van der Waals surface area contributed by atoms with Gasteiger partial charge in [0.15, 0.2) is 0 Å². The van der Waals surface area contributed by atoms with Gasteiger partial charge in [-0.2, -0.15) is 11.8 Å². The standard InChI is InChI=1S/C19H20N2O2S/c22-19(21-9-6-14-3-1-2-4-16(14)12-21)15-5-8-20-18(11-15)23-17-7-10-24-13-17/h1-5,8,11,17H,6-7,9-10,12-13H2/t17-/m1/s1. The molecule has 1 saturated heterocycles. The SMILES string of the molecule is O=C(c1ccnc(O[C@@H]2CCSC2)c1)N1CCc2ccccc2C1. The fourth-order valence-corrected chi connectivity index (χ4v) is 4.33. The summed E-state index contributed by atoms with van der Waals surface area (Å²) in [6.45, 7) is 1.43. The van der Waals surface area contributed by atoms with E-state index in [0.29, 0.717) is 18.0 Å². The summed E-state index contributed by atoms with van der Waals surface area (Å²) >= 11 is 1.90. The van der Waals surface area contributed by atoms with Gasteiger partial charge in [0.1, 0.15) is 6.10 Å². The first-order chi connectivity index (χ1) is 11.8. The third-order valence-electron chi connectivity index (χ3n) is 4.57. The van der Waals surface area contributed by atoms with Crippen LogP contribution in [0.15, 0.2) is 42.6 Å². The van der Waals surface area contributed by atoms with Gasteiger partial charge in [0.25, 0.3) is 5.91 Å². The number of aromatic nitrogens is 1. The first-order valence-corrected chi connectivity index (χ1v) is 9.51. The van der Waals surface area contributed by atoms with Crippen LogP contribution in [0.4, 0.5) is 0 Å². The second-order valence-corrected chi connectivity index (χ2v) is 7.38. The number of pyridine rings is 1. The van der Waals surface area contributed by atoms with Crippen LogP contribution >= 0.6 is 11.8 Å². The minimum absolute atomic E-state index is 0.0533. The summed E-state index contributed by atoms with van der Waals surface area (Å²) in [5.41, 5.74) is 3.25. The van der Waals surface area contributed by atoms with Gasteiger partial charge in [-0.05, 0) is 35.8 Å². The summed E-state index contributed by atoms with van der Waals surface area (Å²) in [5.74, 6) is 2.75. The Kier molecular flexibility index (Phi) is 4.43. The van der Waals surface area contributed by atoms with Gasteiger partial charge in [0, 0.05) is 36.7 Å². The van der Waals surface area contributed by atoms with Crippen LogP contribution in [0.2, 0.25) is 0 Å². The van der Waals surface area contributed by atoms with Crippen molar-refractivity contribution in [2.24, 2.45) is 0 Å². The topological polar surface area (TPSA) is 42.4 Å². The third kappa shape index (κ3) is 3.26. The van der Waals surface area contributed by atoms with Gasteiger partial charge in [-0.3, -0.25) is 4.79 Å². The quantitative estimate of drug-likeness (QED) is 0.861. The van der Waals surface area contributed by atoms with Gasteiger partial charge in [-0.15, -0.1) is 0 Å². The Hall–Kier alpha value is -2.01. The van der Waals surface area contributed by atoms with Crippen molar-refractivity contribution in [1.29, 1.82) is 0 Å². The third-order valence-corrected chi connectivity index (χ3v) is 5.71. The van der Waals surface area contributed by atoms with E-state index in [1.165, 1.54) is 11.1 Å². The maximum Gasteiger partial charge on any atom is 0.254 e. The monoisotopic (exact) mass is 340 g/mol. The first-order valence-electron chi connectivity index (χ1n) is 8.36. The normalized spacial score (nSPS) is 19.8. The Bertz CT molecular complexity index is 744. The summed E-state index contributed by atoms with van der Waals surface area (Å²) in [5, 5.41) is 0. The van der Waals surface area contributed by atoms with E-state index in [1.54, 1.807) is 18.3 Å². The Labute approximate surface area is 146 Å². The van der Waals surface area contributed by atoms with Crippen LogP contribution in [0.1, 0.15) is 27.9 Å². The van der Waals surface area contributed by atoms with Gasteiger partial charge in [0.05, 0.1) is 0 Å². The van der Waals surface area contributed by atoms with Crippen LogP contribution < -0.4 is 4.74 Å². The number of rotatable bonds is 3. The molecule has 4 rings (SSSR count). The van der Waals surface area contributed by atoms with E-state index in [1.807, 2.05) is 22.7 Å². The zero-order valence-corrected chi connectivity index (χ0v) is 14.3. The maximum atomic E-state index is 12.8. The fourth-order valence-electron chi connectivity index (χ4n) is 3.24. The predicted molar refractivity (Wildman–Crippen MR) is 95.5 cm³/mol. The average Bonchev–Trinajstić information content (AvgIpc) is 3.14. The number of fused-ring (bicyclic) bond motifs is 1. The molecule has 2 aromatic rings. The van der Waals surface area contributed by atoms with E-state index in [-0.39, 0.29) is 12.0 Å². The van der Waals surface area contributed by atoms with Crippen molar-refractivity contribution < 1.29 is 9.53 Å². The molecule has 4 nitrogen and oxygen atoms in total. The van der Waals surface area contributed by atoms with Crippen molar-refractivity contribution in [2.75, 3.05) is 18.1 Å². The molecule has 0 spiro atoms. The Balaban J connectivity index is 1.48. The molecule has 124 valence electrons. The van der Waals surface area contributed by atoms with Crippen LogP contribution in [0, 0.1) is 0 Å². The lowest BCUT2D eigenvalue weighted by atomic mass is 9.99. The van der Waals surface area contributed by atoms with Crippen LogP contribution in [-0.4, -0.2) is 39.9 Å². The van der Waals surface area contributed by atoms with Crippen LogP contribution in [0.5, 0.6) is 5.88 Å². The molecule has 1 aromatic carbocycles. The zero-order chi connectivity index (χ0) is 16.4. The van der Waals surface area contributed by atoms with E-state index in [4.69, 9.17) is 4.74 Å². The molecule has 1 fully saturated rings.